The minimum Gasteiger partial charge on any atom is -0.355 e. The molecule has 6 heterocycles. The van der Waals surface area contributed by atoms with Crippen LogP contribution >= 0.6 is 79.6 Å². The molecule has 0 saturated heterocycles. The van der Waals surface area contributed by atoms with Crippen molar-refractivity contribution >= 4 is 148 Å². The number of rotatable bonds is 15. The average molecular weight is 1520 g/mol. The number of thiophene rings is 6. The van der Waals surface area contributed by atoms with E-state index >= 15 is 0 Å². The van der Waals surface area contributed by atoms with Gasteiger partial charge in [-0.25, -0.2) is 0 Å². The van der Waals surface area contributed by atoms with E-state index in [-0.39, 0.29) is 0 Å². The van der Waals surface area contributed by atoms with Gasteiger partial charge < -0.3 is 10.2 Å². The summed E-state index contributed by atoms with van der Waals surface area (Å²) >= 11 is 17.0. The minimum atomic E-state index is 0.774. The Labute approximate surface area is 663 Å². The van der Waals surface area contributed by atoms with Crippen LogP contribution in [-0.2, 0) is 0 Å². The van der Waals surface area contributed by atoms with Crippen LogP contribution in [0.15, 0.2) is 400 Å². The summed E-state index contributed by atoms with van der Waals surface area (Å²) in [5.41, 5.74) is 20.3. The third kappa shape index (κ3) is 15.3. The van der Waals surface area contributed by atoms with Crippen LogP contribution in [0, 0.1) is 0 Å². The molecule has 0 amide bonds. The Morgan fingerprint density at radius 2 is 0.477 bits per heavy atom. The number of benzene rings is 14. The highest BCUT2D eigenvalue weighted by molar-refractivity contribution is 7.26. The summed E-state index contributed by atoms with van der Waals surface area (Å²) in [4.78, 5) is 12.6. The summed E-state index contributed by atoms with van der Waals surface area (Å²) in [6.07, 6.45) is 0. The second-order valence-electron chi connectivity index (χ2n) is 26.5. The Bertz CT molecular complexity index is 6290. The van der Waals surface area contributed by atoms with Crippen molar-refractivity contribution in [2.45, 2.75) is 0 Å². The van der Waals surface area contributed by atoms with Crippen LogP contribution in [0.3, 0.4) is 0 Å². The Hall–Kier alpha value is -11.8. The van der Waals surface area contributed by atoms with E-state index in [1.54, 1.807) is 0 Å². The van der Waals surface area contributed by atoms with Crippen molar-refractivity contribution in [3.63, 3.8) is 0 Å². The lowest BCUT2D eigenvalue weighted by molar-refractivity contribution is 1.28. The van der Waals surface area contributed by atoms with Crippen molar-refractivity contribution in [1.82, 2.24) is 0 Å². The molecular formula is C100H67ClN2S6. The number of hydrogen-bond donors (Lipinski definition) is 1. The Kier molecular flexibility index (Phi) is 20.0. The van der Waals surface area contributed by atoms with Gasteiger partial charge in [0.05, 0.1) is 0 Å². The maximum Gasteiger partial charge on any atom is 0.0468 e. The zero-order chi connectivity index (χ0) is 72.8. The van der Waals surface area contributed by atoms with Gasteiger partial charge in [0, 0.05) is 113 Å². The molecule has 0 unspecified atom stereocenters. The maximum atomic E-state index is 5.96. The molecular weight excluding hydrogens is 1460 g/mol. The normalized spacial score (nSPS) is 11.2. The molecule has 20 rings (SSSR count). The zero-order valence-electron chi connectivity index (χ0n) is 58.9. The van der Waals surface area contributed by atoms with Crippen LogP contribution in [0.4, 0.5) is 28.4 Å². The summed E-state index contributed by atoms with van der Waals surface area (Å²) in [5.74, 6) is 0. The molecule has 1 N–H and O–H groups in total. The lowest BCUT2D eigenvalue weighted by Gasteiger charge is -2.26. The number of halogens is 1. The van der Waals surface area contributed by atoms with Crippen LogP contribution in [0.25, 0.3) is 146 Å². The molecule has 0 aliphatic rings. The first kappa shape index (κ1) is 69.0. The number of fused-ring (bicyclic) bond motifs is 6. The summed E-state index contributed by atoms with van der Waals surface area (Å²) in [6.45, 7) is 0. The molecule has 0 bridgehead atoms. The summed E-state index contributed by atoms with van der Waals surface area (Å²) in [6, 6.07) is 143. The molecule has 109 heavy (non-hydrogen) atoms. The molecule has 20 aromatic rings. The van der Waals surface area contributed by atoms with Crippen molar-refractivity contribution in [1.29, 1.82) is 0 Å². The zero-order valence-corrected chi connectivity index (χ0v) is 64.5. The van der Waals surface area contributed by atoms with E-state index in [1.165, 1.54) is 146 Å². The molecule has 0 saturated carbocycles. The molecule has 0 aliphatic carbocycles. The van der Waals surface area contributed by atoms with E-state index in [4.69, 9.17) is 11.6 Å². The number of hydrogen-bond acceptors (Lipinski definition) is 8. The highest BCUT2D eigenvalue weighted by Gasteiger charge is 2.19. The van der Waals surface area contributed by atoms with E-state index in [0.717, 1.165) is 33.5 Å². The molecule has 0 spiro atoms. The van der Waals surface area contributed by atoms with Gasteiger partial charge in [-0.15, -0.1) is 68.0 Å². The Balaban J connectivity index is 0.000000129. The Morgan fingerprint density at radius 1 is 0.183 bits per heavy atom. The van der Waals surface area contributed by atoms with Gasteiger partial charge in [0.2, 0.25) is 0 Å². The minimum absolute atomic E-state index is 0.774. The van der Waals surface area contributed by atoms with E-state index in [0.29, 0.717) is 0 Å². The molecule has 14 aromatic carbocycles. The molecule has 9 heteroatoms. The van der Waals surface area contributed by atoms with E-state index in [9.17, 15) is 0 Å². The number of anilines is 5. The molecule has 520 valence electrons. The molecule has 6 aromatic heterocycles. The fourth-order valence-electron chi connectivity index (χ4n) is 14.0. The molecule has 0 atom stereocenters. The molecule has 0 radical (unpaired) electrons. The van der Waals surface area contributed by atoms with Crippen molar-refractivity contribution in [2.24, 2.45) is 0 Å². The van der Waals surface area contributed by atoms with E-state index in [2.05, 4.69) is 398 Å². The molecule has 2 nitrogen and oxygen atoms in total. The quantitative estimate of drug-likeness (QED) is 0.110. The van der Waals surface area contributed by atoms with Gasteiger partial charge in [-0.2, -0.15) is 0 Å². The second kappa shape index (κ2) is 31.6. The van der Waals surface area contributed by atoms with Crippen LogP contribution in [0.2, 0.25) is 5.02 Å². The summed E-state index contributed by atoms with van der Waals surface area (Å²) in [7, 11) is 0. The maximum absolute atomic E-state index is 5.96. The van der Waals surface area contributed by atoms with Gasteiger partial charge in [-0.1, -0.05) is 254 Å². The fourth-order valence-corrected chi connectivity index (χ4v) is 20.3. The van der Waals surface area contributed by atoms with Crippen molar-refractivity contribution in [3.8, 4) is 106 Å². The van der Waals surface area contributed by atoms with Crippen LogP contribution < -0.4 is 10.2 Å². The van der Waals surface area contributed by atoms with Gasteiger partial charge in [0.1, 0.15) is 0 Å². The van der Waals surface area contributed by atoms with Gasteiger partial charge in [0.25, 0.3) is 0 Å². The summed E-state index contributed by atoms with van der Waals surface area (Å²) in [5, 5.41) is 9.70. The highest BCUT2D eigenvalue weighted by atomic mass is 35.5. The Morgan fingerprint density at radius 3 is 0.853 bits per heavy atom. The third-order valence-corrected chi connectivity index (χ3v) is 26.7. The largest absolute Gasteiger partial charge is 0.355 e. The third-order valence-electron chi connectivity index (χ3n) is 19.4. The topological polar surface area (TPSA) is 15.3 Å². The van der Waals surface area contributed by atoms with Gasteiger partial charge in [-0.05, 0) is 224 Å². The number of nitrogens with one attached hydrogen (secondary N) is 1. The first-order chi connectivity index (χ1) is 53.9. The van der Waals surface area contributed by atoms with E-state index < -0.39 is 0 Å². The predicted octanol–water partition coefficient (Wildman–Crippen LogP) is 32.6. The van der Waals surface area contributed by atoms with Gasteiger partial charge in [-0.3, -0.25) is 0 Å². The monoisotopic (exact) mass is 1520 g/mol. The lowest BCUT2D eigenvalue weighted by Crippen LogP contribution is -2.10. The second-order valence-corrected chi connectivity index (χ2v) is 33.5. The summed E-state index contributed by atoms with van der Waals surface area (Å²) < 4.78 is 5.34. The average Bonchev–Trinajstić information content (AvgIpc) is 1.72. The first-order valence-electron chi connectivity index (χ1n) is 36.2. The first-order valence-corrected chi connectivity index (χ1v) is 41.4. The van der Waals surface area contributed by atoms with Crippen LogP contribution in [0.1, 0.15) is 0 Å². The SMILES string of the molecule is Clc1ccc(-c2ccc3sc4ccccc4c3c2)cc1.c1ccc(-c2ccc(-c3cccc(N(c4ccc(-c5ccc6sc7ccccc7c6c5)cc4)c4cccc(-c5ccc(-c6ccccc6)s5)c4)c3)s2)cc1.c1ccc(-c2ccc(-c3cccc(Nc4cccc(-c5ccc(-c6ccccc6)s5)c4)c3)s2)cc1. The molecule has 0 aliphatic heterocycles. The standard InChI is InChI=1S/C50H33NS3.C32H23NS2.C18H11ClS/c1-3-11-35(12-4-1)45-27-29-47(52-45)38-15-9-17-41(31-38)51(42-18-10-16-39(32-42)48-30-28-46(53-48)36-13-5-2-6-14-36)40-24-21-34(22-25-40)37-23-26-50-44(33-37)43-19-7-8-20-49(43)54-50;1-3-9-23(10-4-1)29-17-19-31(34-29)25-13-7-15-27(21-25)33-28-16-8-14-26(22-28)32-20-18-30(35-32)24-11-5-2-6-12-24;19-14-8-5-12(6-9-14)13-7-10-18-16(11-13)15-3-1-2-4-17(15)20-18/h1-33H;1-22,33H;1-11H. The predicted molar refractivity (Wildman–Crippen MR) is 480 cm³/mol. The smallest absolute Gasteiger partial charge is 0.0468 e. The highest BCUT2D eigenvalue weighted by Crippen LogP contribution is 2.46. The van der Waals surface area contributed by atoms with E-state index in [1.807, 2.05) is 80.2 Å². The fraction of sp³-hybridized carbons (Fsp3) is 0. The van der Waals surface area contributed by atoms with Gasteiger partial charge in [0.15, 0.2) is 0 Å². The molecule has 0 fully saturated rings. The van der Waals surface area contributed by atoms with Crippen molar-refractivity contribution < 1.29 is 0 Å². The van der Waals surface area contributed by atoms with Crippen molar-refractivity contribution in [2.75, 3.05) is 10.2 Å². The van der Waals surface area contributed by atoms with Gasteiger partial charge >= 0.3 is 0 Å². The lowest BCUT2D eigenvalue weighted by atomic mass is 10.0. The van der Waals surface area contributed by atoms with Crippen molar-refractivity contribution in [3.05, 3.63) is 405 Å². The number of nitrogens with zero attached hydrogens (tertiary/aromatic N) is 1. The van der Waals surface area contributed by atoms with Crippen LogP contribution in [-0.4, -0.2) is 0 Å². The van der Waals surface area contributed by atoms with Crippen LogP contribution in [0.5, 0.6) is 0 Å².